The summed E-state index contributed by atoms with van der Waals surface area (Å²) in [5.41, 5.74) is 0.604. The second-order valence-corrected chi connectivity index (χ2v) is 4.09. The van der Waals surface area contributed by atoms with Crippen LogP contribution in [-0.2, 0) is 4.74 Å². The van der Waals surface area contributed by atoms with E-state index in [1.165, 1.54) is 6.07 Å². The molecule has 1 aliphatic rings. The molecular weight excluding hydrogens is 178 g/mol. The van der Waals surface area contributed by atoms with Crippen molar-refractivity contribution in [1.82, 2.24) is 4.98 Å². The quantitative estimate of drug-likeness (QED) is 0.591. The minimum Gasteiger partial charge on any atom is -0.455 e. The van der Waals surface area contributed by atoms with Crippen molar-refractivity contribution in [2.45, 2.75) is 32.3 Å². The molecule has 0 saturated heterocycles. The molecule has 1 aromatic heterocycles. The summed E-state index contributed by atoms with van der Waals surface area (Å²) in [7, 11) is 0. The van der Waals surface area contributed by atoms with Gasteiger partial charge >= 0.3 is 5.97 Å². The first-order valence-electron chi connectivity index (χ1n) is 5.12. The van der Waals surface area contributed by atoms with Gasteiger partial charge in [0.25, 0.3) is 0 Å². The average Bonchev–Trinajstić information content (AvgIpc) is 2.13. The van der Waals surface area contributed by atoms with Gasteiger partial charge in [0.2, 0.25) is 0 Å². The molecule has 0 radical (unpaired) electrons. The van der Waals surface area contributed by atoms with E-state index in [0.717, 1.165) is 0 Å². The first kappa shape index (κ1) is 7.97. The Labute approximate surface area is 84.5 Å². The van der Waals surface area contributed by atoms with E-state index in [1.807, 2.05) is 20.8 Å². The number of carbonyl (C=O) groups is 1. The minimum atomic E-state index is -0.551. The molecule has 2 heterocycles. The number of hydrogen-bond donors (Lipinski definition) is 0. The molecular formula is C11H13NO2. The number of aromatic nitrogens is 1. The van der Waals surface area contributed by atoms with E-state index in [9.17, 15) is 4.79 Å². The van der Waals surface area contributed by atoms with Crippen LogP contribution in [0.5, 0.6) is 0 Å². The Hall–Kier alpha value is -1.38. The van der Waals surface area contributed by atoms with Crippen molar-refractivity contribution in [2.24, 2.45) is 0 Å². The Balaban J connectivity index is 2.60. The SMILES string of the molecule is [2H]c1ccc2c(n1)[C@@H](C)C(C)(C)OC2=O. The summed E-state index contributed by atoms with van der Waals surface area (Å²) in [6, 6.07) is 3.11. The lowest BCUT2D eigenvalue weighted by Gasteiger charge is -2.36. The Morgan fingerprint density at radius 1 is 1.64 bits per heavy atom. The molecule has 0 aliphatic carbocycles. The fourth-order valence-electron chi connectivity index (χ4n) is 1.59. The summed E-state index contributed by atoms with van der Waals surface area (Å²) >= 11 is 0. The molecule has 1 atom stereocenters. The Bertz CT molecular complexity index is 429. The van der Waals surface area contributed by atoms with Crippen LogP contribution in [0.4, 0.5) is 0 Å². The zero-order chi connectivity index (χ0) is 11.2. The highest BCUT2D eigenvalue weighted by molar-refractivity contribution is 5.92. The van der Waals surface area contributed by atoms with Gasteiger partial charge in [0.15, 0.2) is 0 Å². The van der Waals surface area contributed by atoms with E-state index >= 15 is 0 Å². The van der Waals surface area contributed by atoms with Gasteiger partial charge in [-0.25, -0.2) is 4.79 Å². The van der Waals surface area contributed by atoms with Gasteiger partial charge in [-0.05, 0) is 26.0 Å². The predicted octanol–water partition coefficient (Wildman–Crippen LogP) is 2.13. The zero-order valence-electron chi connectivity index (χ0n) is 9.50. The Morgan fingerprint density at radius 3 is 3.07 bits per heavy atom. The van der Waals surface area contributed by atoms with Crippen molar-refractivity contribution in [3.8, 4) is 0 Å². The maximum atomic E-state index is 11.6. The maximum absolute atomic E-state index is 11.6. The van der Waals surface area contributed by atoms with Crippen molar-refractivity contribution < 1.29 is 10.9 Å². The lowest BCUT2D eigenvalue weighted by Crippen LogP contribution is -2.39. The van der Waals surface area contributed by atoms with Crippen LogP contribution >= 0.6 is 0 Å². The Morgan fingerprint density at radius 2 is 2.36 bits per heavy atom. The second-order valence-electron chi connectivity index (χ2n) is 4.09. The van der Waals surface area contributed by atoms with Crippen LogP contribution in [0.2, 0.25) is 0 Å². The van der Waals surface area contributed by atoms with Gasteiger partial charge in [-0.15, -0.1) is 0 Å². The molecule has 2 rings (SSSR count). The second kappa shape index (κ2) is 2.80. The number of pyridine rings is 1. The molecule has 14 heavy (non-hydrogen) atoms. The summed E-state index contributed by atoms with van der Waals surface area (Å²) in [6.07, 6.45) is 0.186. The number of ether oxygens (including phenoxy) is 1. The van der Waals surface area contributed by atoms with Gasteiger partial charge in [-0.1, -0.05) is 6.92 Å². The molecule has 0 spiro atoms. The van der Waals surface area contributed by atoms with Crippen LogP contribution in [-0.4, -0.2) is 16.6 Å². The van der Waals surface area contributed by atoms with Crippen molar-refractivity contribution in [3.05, 3.63) is 29.6 Å². The third-order valence-corrected chi connectivity index (χ3v) is 2.81. The first-order valence-corrected chi connectivity index (χ1v) is 4.62. The molecule has 0 unspecified atom stereocenters. The van der Waals surface area contributed by atoms with E-state index < -0.39 is 5.60 Å². The largest absolute Gasteiger partial charge is 0.455 e. The zero-order valence-corrected chi connectivity index (χ0v) is 8.50. The molecule has 3 nitrogen and oxygen atoms in total. The number of nitrogens with zero attached hydrogens (tertiary/aromatic N) is 1. The highest BCUT2D eigenvalue weighted by Crippen LogP contribution is 2.36. The fourth-order valence-corrected chi connectivity index (χ4v) is 1.59. The number of esters is 1. The van der Waals surface area contributed by atoms with E-state index in [1.54, 1.807) is 6.07 Å². The summed E-state index contributed by atoms with van der Waals surface area (Å²) in [6.45, 7) is 5.67. The summed E-state index contributed by atoms with van der Waals surface area (Å²) in [5.74, 6) is -0.337. The predicted molar refractivity (Wildman–Crippen MR) is 52.1 cm³/mol. The molecule has 0 saturated carbocycles. The van der Waals surface area contributed by atoms with Gasteiger partial charge in [0.05, 0.1) is 12.6 Å². The van der Waals surface area contributed by atoms with Gasteiger partial charge in [0, 0.05) is 12.1 Å². The molecule has 1 aromatic rings. The van der Waals surface area contributed by atoms with Crippen LogP contribution in [0, 0.1) is 0 Å². The van der Waals surface area contributed by atoms with Crippen LogP contribution < -0.4 is 0 Å². The topological polar surface area (TPSA) is 39.2 Å². The average molecular weight is 192 g/mol. The standard InChI is InChI=1S/C11H13NO2/c1-7-9-8(5-4-6-12-9)10(13)14-11(7,2)3/h4-7H,1-3H3/t7-/m1/s1/i6D. The number of hydrogen-bond acceptors (Lipinski definition) is 3. The van der Waals surface area contributed by atoms with Crippen LogP contribution in [0.1, 0.15) is 44.1 Å². The first-order chi connectivity index (χ1) is 6.92. The van der Waals surface area contributed by atoms with Gasteiger partial charge in [-0.2, -0.15) is 0 Å². The third-order valence-electron chi connectivity index (χ3n) is 2.81. The Kier molecular flexibility index (Phi) is 1.60. The van der Waals surface area contributed by atoms with Crippen LogP contribution in [0.25, 0.3) is 0 Å². The number of rotatable bonds is 0. The molecule has 0 N–H and O–H groups in total. The normalized spacial score (nSPS) is 24.9. The van der Waals surface area contributed by atoms with Crippen LogP contribution in [0.15, 0.2) is 18.3 Å². The molecule has 1 aliphatic heterocycles. The molecule has 0 amide bonds. The third kappa shape index (κ3) is 1.20. The molecule has 74 valence electrons. The number of cyclic esters (lactones) is 1. The van der Waals surface area contributed by atoms with E-state index in [2.05, 4.69) is 4.98 Å². The number of carbonyl (C=O) groups excluding carboxylic acids is 1. The van der Waals surface area contributed by atoms with E-state index in [0.29, 0.717) is 11.3 Å². The maximum Gasteiger partial charge on any atom is 0.340 e. The lowest BCUT2D eigenvalue weighted by atomic mass is 9.85. The molecule has 0 fully saturated rings. The van der Waals surface area contributed by atoms with Crippen molar-refractivity contribution in [3.63, 3.8) is 0 Å². The van der Waals surface area contributed by atoms with Crippen molar-refractivity contribution >= 4 is 5.97 Å². The highest BCUT2D eigenvalue weighted by Gasteiger charge is 2.39. The summed E-state index contributed by atoms with van der Waals surface area (Å²) in [5, 5.41) is 0. The van der Waals surface area contributed by atoms with E-state index in [-0.39, 0.29) is 18.1 Å². The molecule has 3 heteroatoms. The lowest BCUT2D eigenvalue weighted by molar-refractivity contribution is -0.0190. The van der Waals surface area contributed by atoms with Crippen molar-refractivity contribution in [2.75, 3.05) is 0 Å². The fraction of sp³-hybridized carbons (Fsp3) is 0.455. The minimum absolute atomic E-state index is 0.00972. The van der Waals surface area contributed by atoms with E-state index in [4.69, 9.17) is 6.11 Å². The molecule has 0 aromatic carbocycles. The summed E-state index contributed by atoms with van der Waals surface area (Å²) < 4.78 is 12.8. The number of fused-ring (bicyclic) bond motifs is 1. The van der Waals surface area contributed by atoms with Gasteiger partial charge in [0.1, 0.15) is 5.60 Å². The smallest absolute Gasteiger partial charge is 0.340 e. The monoisotopic (exact) mass is 192 g/mol. The summed E-state index contributed by atoms with van der Waals surface area (Å²) in [4.78, 5) is 15.7. The van der Waals surface area contributed by atoms with Gasteiger partial charge in [-0.3, -0.25) is 4.98 Å². The highest BCUT2D eigenvalue weighted by atomic mass is 16.6. The van der Waals surface area contributed by atoms with Crippen molar-refractivity contribution in [1.29, 1.82) is 0 Å². The molecule has 0 bridgehead atoms. The van der Waals surface area contributed by atoms with Gasteiger partial charge < -0.3 is 4.74 Å². The van der Waals surface area contributed by atoms with Crippen LogP contribution in [0.3, 0.4) is 0 Å².